The zero-order valence-corrected chi connectivity index (χ0v) is 11.9. The number of hydrogen-bond donors (Lipinski definition) is 0. The maximum Gasteiger partial charge on any atom is 0.349 e. The highest BCUT2D eigenvalue weighted by Gasteiger charge is 2.15. The third kappa shape index (κ3) is 2.93. The molecule has 2 rings (SSSR count). The number of esters is 1. The predicted octanol–water partition coefficient (Wildman–Crippen LogP) is 3.66. The number of methoxy groups -OCH3 is 1. The Morgan fingerprint density at radius 1 is 1.19 bits per heavy atom. The van der Waals surface area contributed by atoms with E-state index in [4.69, 9.17) is 0 Å². The van der Waals surface area contributed by atoms with E-state index in [1.807, 2.05) is 0 Å². The SMILES string of the molecule is COC(=O)c1sccc1C#Cc1cc(F)c(F)c(F)c1C. The van der Waals surface area contributed by atoms with Gasteiger partial charge in [-0.15, -0.1) is 11.3 Å². The van der Waals surface area contributed by atoms with Gasteiger partial charge < -0.3 is 4.74 Å². The predicted molar refractivity (Wildman–Crippen MR) is 72.7 cm³/mol. The molecule has 2 aromatic rings. The Morgan fingerprint density at radius 3 is 2.52 bits per heavy atom. The topological polar surface area (TPSA) is 26.3 Å². The molecule has 2 nitrogen and oxygen atoms in total. The fourth-order valence-electron chi connectivity index (χ4n) is 1.61. The summed E-state index contributed by atoms with van der Waals surface area (Å²) < 4.78 is 44.3. The van der Waals surface area contributed by atoms with Gasteiger partial charge in [-0.1, -0.05) is 11.8 Å². The van der Waals surface area contributed by atoms with Gasteiger partial charge in [0.1, 0.15) is 4.88 Å². The van der Waals surface area contributed by atoms with Gasteiger partial charge in [0.25, 0.3) is 0 Å². The molecule has 0 N–H and O–H groups in total. The Labute approximate surface area is 123 Å². The fourth-order valence-corrected chi connectivity index (χ4v) is 2.37. The molecule has 0 aliphatic carbocycles. The first-order valence-corrected chi connectivity index (χ1v) is 6.65. The van der Waals surface area contributed by atoms with Gasteiger partial charge in [0.05, 0.1) is 12.7 Å². The molecule has 0 amide bonds. The van der Waals surface area contributed by atoms with Gasteiger partial charge in [0, 0.05) is 11.1 Å². The van der Waals surface area contributed by atoms with Crippen LogP contribution in [0.5, 0.6) is 0 Å². The molecule has 1 aromatic carbocycles. The molecule has 1 heterocycles. The maximum atomic E-state index is 13.4. The highest BCUT2D eigenvalue weighted by molar-refractivity contribution is 7.12. The van der Waals surface area contributed by atoms with Crippen molar-refractivity contribution in [1.82, 2.24) is 0 Å². The van der Waals surface area contributed by atoms with E-state index in [1.54, 1.807) is 11.4 Å². The smallest absolute Gasteiger partial charge is 0.349 e. The lowest BCUT2D eigenvalue weighted by atomic mass is 10.1. The minimum absolute atomic E-state index is 0.0217. The van der Waals surface area contributed by atoms with Crippen molar-refractivity contribution in [3.63, 3.8) is 0 Å². The van der Waals surface area contributed by atoms with E-state index in [0.29, 0.717) is 10.4 Å². The highest BCUT2D eigenvalue weighted by Crippen LogP contribution is 2.20. The molecule has 0 saturated heterocycles. The molecular formula is C15H9F3O2S. The normalized spacial score (nSPS) is 9.95. The van der Waals surface area contributed by atoms with Gasteiger partial charge in [-0.25, -0.2) is 18.0 Å². The van der Waals surface area contributed by atoms with Gasteiger partial charge in [0.2, 0.25) is 0 Å². The second-order valence-corrected chi connectivity index (χ2v) is 4.98. The van der Waals surface area contributed by atoms with Crippen LogP contribution in [0, 0.1) is 36.2 Å². The Hall–Kier alpha value is -2.26. The molecule has 0 unspecified atom stereocenters. The number of hydrogen-bond acceptors (Lipinski definition) is 3. The molecule has 0 atom stereocenters. The standard InChI is InChI=1S/C15H9F3O2S/c1-8-10(7-11(16)13(18)12(8)17)4-3-9-5-6-21-14(9)15(19)20-2/h5-7H,1-2H3. The van der Waals surface area contributed by atoms with Crippen molar-refractivity contribution < 1.29 is 22.7 Å². The van der Waals surface area contributed by atoms with E-state index in [0.717, 1.165) is 17.4 Å². The summed E-state index contributed by atoms with van der Waals surface area (Å²) in [5.74, 6) is 0.555. The van der Waals surface area contributed by atoms with Crippen molar-refractivity contribution in [2.75, 3.05) is 7.11 Å². The number of rotatable bonds is 1. The zero-order valence-electron chi connectivity index (χ0n) is 11.1. The molecule has 108 valence electrons. The van der Waals surface area contributed by atoms with Crippen LogP contribution in [0.1, 0.15) is 26.4 Å². The van der Waals surface area contributed by atoms with Crippen molar-refractivity contribution >= 4 is 17.3 Å². The van der Waals surface area contributed by atoms with Crippen LogP contribution in [-0.2, 0) is 4.74 Å². The van der Waals surface area contributed by atoms with Gasteiger partial charge in [-0.05, 0) is 24.4 Å². The van der Waals surface area contributed by atoms with Gasteiger partial charge in [-0.3, -0.25) is 0 Å². The molecule has 0 aliphatic rings. The largest absolute Gasteiger partial charge is 0.465 e. The van der Waals surface area contributed by atoms with Crippen molar-refractivity contribution in [2.45, 2.75) is 6.92 Å². The number of benzene rings is 1. The lowest BCUT2D eigenvalue weighted by molar-refractivity contribution is 0.0606. The number of carbonyl (C=O) groups is 1. The first kappa shape index (κ1) is 15.1. The van der Waals surface area contributed by atoms with Gasteiger partial charge in [-0.2, -0.15) is 0 Å². The average Bonchev–Trinajstić information content (AvgIpc) is 2.95. The number of ether oxygens (including phenoxy) is 1. The molecule has 0 spiro atoms. The second kappa shape index (κ2) is 6.02. The monoisotopic (exact) mass is 310 g/mol. The summed E-state index contributed by atoms with van der Waals surface area (Å²) in [4.78, 5) is 11.8. The Kier molecular flexibility index (Phi) is 4.34. The van der Waals surface area contributed by atoms with Crippen LogP contribution >= 0.6 is 11.3 Å². The minimum atomic E-state index is -1.52. The molecule has 1 aromatic heterocycles. The number of halogens is 3. The molecule has 0 bridgehead atoms. The van der Waals surface area contributed by atoms with Crippen molar-refractivity contribution in [3.8, 4) is 11.8 Å². The van der Waals surface area contributed by atoms with Gasteiger partial charge >= 0.3 is 5.97 Å². The van der Waals surface area contributed by atoms with Crippen LogP contribution in [0.4, 0.5) is 13.2 Å². The third-order valence-corrected chi connectivity index (χ3v) is 3.67. The van der Waals surface area contributed by atoms with Crippen LogP contribution in [0.3, 0.4) is 0 Å². The summed E-state index contributed by atoms with van der Waals surface area (Å²) in [7, 11) is 1.24. The summed E-state index contributed by atoms with van der Waals surface area (Å²) in [6.45, 7) is 1.30. The van der Waals surface area contributed by atoms with E-state index < -0.39 is 23.4 Å². The highest BCUT2D eigenvalue weighted by atomic mass is 32.1. The molecule has 0 radical (unpaired) electrons. The quantitative estimate of drug-likeness (QED) is 0.456. The van der Waals surface area contributed by atoms with Gasteiger partial charge in [0.15, 0.2) is 17.5 Å². The number of thiophene rings is 1. The lowest BCUT2D eigenvalue weighted by Crippen LogP contribution is -2.00. The molecule has 0 fully saturated rings. The molecular weight excluding hydrogens is 301 g/mol. The summed E-state index contributed by atoms with van der Waals surface area (Å²) in [5, 5.41) is 1.65. The maximum absolute atomic E-state index is 13.4. The minimum Gasteiger partial charge on any atom is -0.465 e. The van der Waals surface area contributed by atoms with E-state index in [1.165, 1.54) is 14.0 Å². The lowest BCUT2D eigenvalue weighted by Gasteiger charge is -2.02. The van der Waals surface area contributed by atoms with Crippen LogP contribution in [-0.4, -0.2) is 13.1 Å². The summed E-state index contributed by atoms with van der Waals surface area (Å²) in [5.41, 5.74) is 0.320. The molecule has 6 heteroatoms. The second-order valence-electron chi connectivity index (χ2n) is 4.06. The Morgan fingerprint density at radius 2 is 1.86 bits per heavy atom. The Bertz CT molecular complexity index is 769. The summed E-state index contributed by atoms with van der Waals surface area (Å²) in [6.07, 6.45) is 0. The van der Waals surface area contributed by atoms with Crippen molar-refractivity contribution in [2.24, 2.45) is 0 Å². The molecule has 0 saturated carbocycles. The average molecular weight is 310 g/mol. The number of carbonyl (C=O) groups excluding carboxylic acids is 1. The van der Waals surface area contributed by atoms with Crippen LogP contribution < -0.4 is 0 Å². The van der Waals surface area contributed by atoms with E-state index in [9.17, 15) is 18.0 Å². The van der Waals surface area contributed by atoms with Crippen molar-refractivity contribution in [1.29, 1.82) is 0 Å². The Balaban J connectivity index is 2.46. The van der Waals surface area contributed by atoms with E-state index in [-0.39, 0.29) is 11.1 Å². The molecule has 21 heavy (non-hydrogen) atoms. The van der Waals surface area contributed by atoms with E-state index in [2.05, 4.69) is 16.6 Å². The van der Waals surface area contributed by atoms with Crippen LogP contribution in [0.2, 0.25) is 0 Å². The summed E-state index contributed by atoms with van der Waals surface area (Å²) >= 11 is 1.15. The zero-order chi connectivity index (χ0) is 15.6. The van der Waals surface area contributed by atoms with E-state index >= 15 is 0 Å². The van der Waals surface area contributed by atoms with Crippen LogP contribution in [0.15, 0.2) is 17.5 Å². The third-order valence-electron chi connectivity index (χ3n) is 2.77. The first-order valence-electron chi connectivity index (χ1n) is 5.77. The summed E-state index contributed by atoms with van der Waals surface area (Å²) in [6, 6.07) is 2.42. The molecule has 0 aliphatic heterocycles. The fraction of sp³-hybridized carbons (Fsp3) is 0.133. The van der Waals surface area contributed by atoms with Crippen molar-refractivity contribution in [3.05, 3.63) is 56.5 Å². The first-order chi connectivity index (χ1) is 9.95. The van der Waals surface area contributed by atoms with Crippen LogP contribution in [0.25, 0.3) is 0 Å².